The van der Waals surface area contributed by atoms with Gasteiger partial charge >= 0.3 is 6.18 Å². The number of nitrogens with one attached hydrogen (secondary N) is 1. The molecule has 1 atom stereocenters. The second-order valence-corrected chi connectivity index (χ2v) is 5.09. The van der Waals surface area contributed by atoms with Crippen LogP contribution < -0.4 is 10.1 Å². The minimum absolute atomic E-state index is 0.281. The number of ether oxygens (including phenoxy) is 1. The third kappa shape index (κ3) is 4.48. The predicted octanol–water partition coefficient (Wildman–Crippen LogP) is 4.42. The van der Waals surface area contributed by atoms with Gasteiger partial charge in [-0.15, -0.1) is 0 Å². The van der Waals surface area contributed by atoms with E-state index >= 15 is 0 Å². The van der Waals surface area contributed by atoms with Crippen molar-refractivity contribution >= 4 is 11.6 Å². The van der Waals surface area contributed by atoms with Crippen molar-refractivity contribution in [1.82, 2.24) is 0 Å². The molecule has 2 rings (SSSR count). The van der Waals surface area contributed by atoms with Gasteiger partial charge in [0.2, 0.25) is 0 Å². The van der Waals surface area contributed by atoms with Crippen molar-refractivity contribution in [3.63, 3.8) is 0 Å². The summed E-state index contributed by atoms with van der Waals surface area (Å²) in [6.45, 7) is 3.43. The molecule has 0 fully saturated rings. The van der Waals surface area contributed by atoms with E-state index in [1.807, 2.05) is 19.1 Å². The normalized spacial score (nSPS) is 12.6. The van der Waals surface area contributed by atoms with Gasteiger partial charge in [0.25, 0.3) is 5.91 Å². The molecule has 0 unspecified atom stereocenters. The molecule has 0 bridgehead atoms. The molecule has 0 aliphatic rings. The van der Waals surface area contributed by atoms with Crippen molar-refractivity contribution in [3.8, 4) is 5.75 Å². The minimum atomic E-state index is -4.40. The molecule has 0 aromatic heterocycles. The molecular formula is C17H16F3NO2. The van der Waals surface area contributed by atoms with E-state index in [1.54, 1.807) is 19.1 Å². The number of aryl methyl sites for hydroxylation is 1. The molecular weight excluding hydrogens is 307 g/mol. The van der Waals surface area contributed by atoms with E-state index in [-0.39, 0.29) is 5.69 Å². The fourth-order valence-electron chi connectivity index (χ4n) is 1.92. The van der Waals surface area contributed by atoms with Gasteiger partial charge in [0.1, 0.15) is 5.75 Å². The first-order valence-electron chi connectivity index (χ1n) is 6.98. The highest BCUT2D eigenvalue weighted by Gasteiger charge is 2.30. The maximum atomic E-state index is 12.5. The van der Waals surface area contributed by atoms with Crippen LogP contribution in [-0.4, -0.2) is 12.0 Å². The number of carbonyl (C=O) groups is 1. The highest BCUT2D eigenvalue weighted by Crippen LogP contribution is 2.29. The lowest BCUT2D eigenvalue weighted by molar-refractivity contribution is -0.137. The van der Waals surface area contributed by atoms with Crippen LogP contribution in [0.4, 0.5) is 18.9 Å². The maximum Gasteiger partial charge on any atom is 0.416 e. The topological polar surface area (TPSA) is 38.3 Å². The van der Waals surface area contributed by atoms with Gasteiger partial charge in [0, 0.05) is 5.69 Å². The molecule has 2 aromatic carbocycles. The molecule has 0 spiro atoms. The number of rotatable bonds is 4. The van der Waals surface area contributed by atoms with Crippen LogP contribution >= 0.6 is 0 Å². The Labute approximate surface area is 132 Å². The summed E-state index contributed by atoms with van der Waals surface area (Å²) < 4.78 is 43.0. The Morgan fingerprint density at radius 2 is 1.70 bits per heavy atom. The molecule has 2 aromatic rings. The summed E-state index contributed by atoms with van der Waals surface area (Å²) in [5.41, 5.74) is 0.407. The van der Waals surface area contributed by atoms with E-state index in [9.17, 15) is 18.0 Å². The first-order chi connectivity index (χ1) is 10.8. The SMILES string of the molecule is Cc1ccccc1O[C@@H](C)C(=O)Nc1ccc(C(F)(F)F)cc1. The van der Waals surface area contributed by atoms with Crippen LogP contribution in [0.5, 0.6) is 5.75 Å². The summed E-state index contributed by atoms with van der Waals surface area (Å²) in [6.07, 6.45) is -5.18. The van der Waals surface area contributed by atoms with Crippen LogP contribution in [0.2, 0.25) is 0 Å². The van der Waals surface area contributed by atoms with E-state index < -0.39 is 23.8 Å². The summed E-state index contributed by atoms with van der Waals surface area (Å²) in [6, 6.07) is 11.5. The van der Waals surface area contributed by atoms with Gasteiger partial charge in [-0.2, -0.15) is 13.2 Å². The van der Waals surface area contributed by atoms with Gasteiger partial charge in [0.15, 0.2) is 6.10 Å². The standard InChI is InChI=1S/C17H16F3NO2/c1-11-5-3-4-6-15(11)23-12(2)16(22)21-14-9-7-13(8-10-14)17(18,19)20/h3-10,12H,1-2H3,(H,21,22)/t12-/m0/s1. The Morgan fingerprint density at radius 3 is 2.26 bits per heavy atom. The lowest BCUT2D eigenvalue weighted by Crippen LogP contribution is -2.30. The van der Waals surface area contributed by atoms with E-state index in [2.05, 4.69) is 5.32 Å². The molecule has 0 aliphatic carbocycles. The van der Waals surface area contributed by atoms with Crippen molar-refractivity contribution in [1.29, 1.82) is 0 Å². The van der Waals surface area contributed by atoms with Crippen LogP contribution in [-0.2, 0) is 11.0 Å². The zero-order valence-electron chi connectivity index (χ0n) is 12.6. The Balaban J connectivity index is 2.00. The first-order valence-corrected chi connectivity index (χ1v) is 6.98. The molecule has 1 amide bonds. The Morgan fingerprint density at radius 1 is 1.09 bits per heavy atom. The Bertz CT molecular complexity index is 681. The third-order valence-corrected chi connectivity index (χ3v) is 3.25. The van der Waals surface area contributed by atoms with E-state index in [1.165, 1.54) is 12.1 Å². The first kappa shape index (κ1) is 16.9. The molecule has 0 saturated heterocycles. The minimum Gasteiger partial charge on any atom is -0.481 e. The van der Waals surface area contributed by atoms with Crippen LogP contribution in [0.15, 0.2) is 48.5 Å². The highest BCUT2D eigenvalue weighted by atomic mass is 19.4. The zero-order chi connectivity index (χ0) is 17.0. The maximum absolute atomic E-state index is 12.5. The second kappa shape index (κ2) is 6.73. The van der Waals surface area contributed by atoms with Gasteiger partial charge in [-0.3, -0.25) is 4.79 Å². The molecule has 3 nitrogen and oxygen atoms in total. The fraction of sp³-hybridized carbons (Fsp3) is 0.235. The quantitative estimate of drug-likeness (QED) is 0.904. The number of benzene rings is 2. The van der Waals surface area contributed by atoms with Crippen molar-refractivity contribution in [2.24, 2.45) is 0 Å². The van der Waals surface area contributed by atoms with Crippen LogP contribution in [0.3, 0.4) is 0 Å². The average molecular weight is 323 g/mol. The smallest absolute Gasteiger partial charge is 0.416 e. The van der Waals surface area contributed by atoms with Crippen LogP contribution in [0.1, 0.15) is 18.1 Å². The summed E-state index contributed by atoms with van der Waals surface area (Å²) in [5.74, 6) is 0.149. The van der Waals surface area contributed by atoms with Crippen LogP contribution in [0.25, 0.3) is 0 Å². The monoisotopic (exact) mass is 323 g/mol. The van der Waals surface area contributed by atoms with Crippen LogP contribution in [0, 0.1) is 6.92 Å². The fourth-order valence-corrected chi connectivity index (χ4v) is 1.92. The van der Waals surface area contributed by atoms with Gasteiger partial charge in [0.05, 0.1) is 5.56 Å². The molecule has 0 radical (unpaired) electrons. The molecule has 6 heteroatoms. The van der Waals surface area contributed by atoms with Gasteiger partial charge < -0.3 is 10.1 Å². The molecule has 1 N–H and O–H groups in total. The lowest BCUT2D eigenvalue weighted by atomic mass is 10.2. The number of amides is 1. The second-order valence-electron chi connectivity index (χ2n) is 5.09. The van der Waals surface area contributed by atoms with E-state index in [4.69, 9.17) is 4.74 Å². The van der Waals surface area contributed by atoms with Crippen molar-refractivity contribution in [2.45, 2.75) is 26.1 Å². The summed E-state index contributed by atoms with van der Waals surface area (Å²) in [5, 5.41) is 2.53. The van der Waals surface area contributed by atoms with Gasteiger partial charge in [-0.05, 0) is 49.7 Å². The van der Waals surface area contributed by atoms with Gasteiger partial charge in [-0.1, -0.05) is 18.2 Å². The number of carbonyl (C=O) groups excluding carboxylic acids is 1. The lowest BCUT2D eigenvalue weighted by Gasteiger charge is -2.16. The number of para-hydroxylation sites is 1. The third-order valence-electron chi connectivity index (χ3n) is 3.25. The number of halogens is 3. The largest absolute Gasteiger partial charge is 0.481 e. The molecule has 0 heterocycles. The molecule has 0 saturated carbocycles. The van der Waals surface area contributed by atoms with E-state index in [0.29, 0.717) is 5.75 Å². The number of hydrogen-bond acceptors (Lipinski definition) is 2. The number of anilines is 1. The number of hydrogen-bond donors (Lipinski definition) is 1. The van der Waals surface area contributed by atoms with Crippen molar-refractivity contribution < 1.29 is 22.7 Å². The van der Waals surface area contributed by atoms with Gasteiger partial charge in [-0.25, -0.2) is 0 Å². The van der Waals surface area contributed by atoms with Crippen molar-refractivity contribution in [3.05, 3.63) is 59.7 Å². The molecule has 0 aliphatic heterocycles. The number of alkyl halides is 3. The predicted molar refractivity (Wildman–Crippen MR) is 81.3 cm³/mol. The summed E-state index contributed by atoms with van der Waals surface area (Å²) >= 11 is 0. The summed E-state index contributed by atoms with van der Waals surface area (Å²) in [4.78, 5) is 12.1. The molecule has 122 valence electrons. The van der Waals surface area contributed by atoms with E-state index in [0.717, 1.165) is 17.7 Å². The highest BCUT2D eigenvalue weighted by molar-refractivity contribution is 5.94. The molecule has 23 heavy (non-hydrogen) atoms. The zero-order valence-corrected chi connectivity index (χ0v) is 12.6. The summed E-state index contributed by atoms with van der Waals surface area (Å²) in [7, 11) is 0. The Hall–Kier alpha value is -2.50. The van der Waals surface area contributed by atoms with Crippen molar-refractivity contribution in [2.75, 3.05) is 5.32 Å². The Kier molecular flexibility index (Phi) is 4.93. The average Bonchev–Trinajstić information content (AvgIpc) is 2.49.